The van der Waals surface area contributed by atoms with E-state index in [0.29, 0.717) is 5.70 Å². The lowest BCUT2D eigenvalue weighted by Crippen LogP contribution is -2.22. The zero-order valence-corrected chi connectivity index (χ0v) is 12.1. The van der Waals surface area contributed by atoms with E-state index in [1.54, 1.807) is 6.92 Å². The molecular weight excluding hydrogens is 304 g/mol. The van der Waals surface area contributed by atoms with Gasteiger partial charge in [0.15, 0.2) is 29.1 Å². The zero-order chi connectivity index (χ0) is 16.9. The number of hydrogen-bond donors (Lipinski definition) is 3. The number of halogens is 4. The van der Waals surface area contributed by atoms with Crippen molar-refractivity contribution in [2.24, 2.45) is 0 Å². The standard InChI is InChI=1S/C14H16F4N2O2/c1-7(5-8(2)22)19-3-4-20-14-12(17)10(15)9(6-21)11(16)13(14)18/h5,19-21H,3-4,6H2,1-2H3. The monoisotopic (exact) mass is 320 g/mol. The minimum absolute atomic E-state index is 0.0473. The molecule has 8 heteroatoms. The molecule has 0 aromatic heterocycles. The van der Waals surface area contributed by atoms with Crippen molar-refractivity contribution in [1.82, 2.24) is 5.32 Å². The number of aliphatic hydroxyl groups is 1. The van der Waals surface area contributed by atoms with Gasteiger partial charge in [0.05, 0.1) is 12.2 Å². The van der Waals surface area contributed by atoms with Gasteiger partial charge in [0, 0.05) is 18.8 Å². The highest BCUT2D eigenvalue weighted by molar-refractivity contribution is 5.87. The molecule has 0 atom stereocenters. The number of rotatable bonds is 7. The normalized spacial score (nSPS) is 11.5. The molecule has 1 aromatic carbocycles. The summed E-state index contributed by atoms with van der Waals surface area (Å²) in [5.74, 6) is -6.63. The lowest BCUT2D eigenvalue weighted by Gasteiger charge is -2.13. The van der Waals surface area contributed by atoms with E-state index in [9.17, 15) is 22.4 Å². The largest absolute Gasteiger partial charge is 0.391 e. The van der Waals surface area contributed by atoms with Crippen LogP contribution in [0.3, 0.4) is 0 Å². The molecule has 3 N–H and O–H groups in total. The summed E-state index contributed by atoms with van der Waals surface area (Å²) in [6, 6.07) is 0. The number of nitrogens with one attached hydrogen (secondary N) is 2. The van der Waals surface area contributed by atoms with E-state index in [1.807, 2.05) is 0 Å². The van der Waals surface area contributed by atoms with Crippen molar-refractivity contribution in [2.45, 2.75) is 20.5 Å². The predicted molar refractivity (Wildman–Crippen MR) is 73.1 cm³/mol. The van der Waals surface area contributed by atoms with Crippen LogP contribution in [0.4, 0.5) is 23.2 Å². The Morgan fingerprint density at radius 3 is 2.05 bits per heavy atom. The number of hydrogen-bond acceptors (Lipinski definition) is 4. The molecule has 0 unspecified atom stereocenters. The molecule has 122 valence electrons. The molecule has 0 bridgehead atoms. The molecule has 0 saturated carbocycles. The van der Waals surface area contributed by atoms with Crippen LogP contribution in [-0.4, -0.2) is 24.0 Å². The van der Waals surface area contributed by atoms with Crippen molar-refractivity contribution in [3.8, 4) is 0 Å². The van der Waals surface area contributed by atoms with Gasteiger partial charge in [0.25, 0.3) is 0 Å². The number of ketones is 1. The van der Waals surface area contributed by atoms with Crippen LogP contribution in [0.1, 0.15) is 19.4 Å². The van der Waals surface area contributed by atoms with Crippen LogP contribution in [0.25, 0.3) is 0 Å². The summed E-state index contributed by atoms with van der Waals surface area (Å²) in [6.45, 7) is 1.95. The topological polar surface area (TPSA) is 61.4 Å². The fourth-order valence-corrected chi connectivity index (χ4v) is 1.77. The summed E-state index contributed by atoms with van der Waals surface area (Å²) in [4.78, 5) is 10.8. The number of carbonyl (C=O) groups is 1. The Morgan fingerprint density at radius 2 is 1.59 bits per heavy atom. The molecule has 0 saturated heterocycles. The predicted octanol–water partition coefficient (Wildman–Crippen LogP) is 2.23. The van der Waals surface area contributed by atoms with Crippen molar-refractivity contribution in [3.05, 3.63) is 40.6 Å². The summed E-state index contributed by atoms with van der Waals surface area (Å²) in [5, 5.41) is 13.7. The molecule has 1 rings (SSSR count). The van der Waals surface area contributed by atoms with Crippen molar-refractivity contribution in [1.29, 1.82) is 0 Å². The average molecular weight is 320 g/mol. The summed E-state index contributed by atoms with van der Waals surface area (Å²) in [5.41, 5.74) is -1.45. The Labute approximate surface area is 124 Å². The Kier molecular flexibility index (Phi) is 6.36. The fourth-order valence-electron chi connectivity index (χ4n) is 1.77. The second kappa shape index (κ2) is 7.79. The van der Waals surface area contributed by atoms with E-state index in [2.05, 4.69) is 10.6 Å². The first-order valence-electron chi connectivity index (χ1n) is 6.41. The third-order valence-corrected chi connectivity index (χ3v) is 2.76. The van der Waals surface area contributed by atoms with Crippen LogP contribution in [0.15, 0.2) is 11.8 Å². The van der Waals surface area contributed by atoms with Crippen molar-refractivity contribution >= 4 is 11.5 Å². The first-order valence-corrected chi connectivity index (χ1v) is 6.41. The van der Waals surface area contributed by atoms with Crippen LogP contribution in [0, 0.1) is 23.3 Å². The van der Waals surface area contributed by atoms with Crippen LogP contribution in [0.2, 0.25) is 0 Å². The SMILES string of the molecule is CC(=O)C=C(C)NCCNc1c(F)c(F)c(CO)c(F)c1F. The van der Waals surface area contributed by atoms with Crippen molar-refractivity contribution in [2.75, 3.05) is 18.4 Å². The minimum Gasteiger partial charge on any atom is -0.391 e. The van der Waals surface area contributed by atoms with Crippen LogP contribution >= 0.6 is 0 Å². The zero-order valence-electron chi connectivity index (χ0n) is 12.1. The van der Waals surface area contributed by atoms with Crippen LogP contribution in [0.5, 0.6) is 0 Å². The average Bonchev–Trinajstić information content (AvgIpc) is 2.44. The highest BCUT2D eigenvalue weighted by Crippen LogP contribution is 2.27. The summed E-state index contributed by atoms with van der Waals surface area (Å²) < 4.78 is 54.1. The molecular formula is C14H16F4N2O2. The Bertz CT molecular complexity index is 574. The molecule has 0 aliphatic carbocycles. The van der Waals surface area contributed by atoms with Gasteiger partial charge in [-0.3, -0.25) is 4.79 Å². The van der Waals surface area contributed by atoms with Gasteiger partial charge >= 0.3 is 0 Å². The lowest BCUT2D eigenvalue weighted by atomic mass is 10.1. The van der Waals surface area contributed by atoms with Gasteiger partial charge in [-0.1, -0.05) is 0 Å². The van der Waals surface area contributed by atoms with Gasteiger partial charge in [-0.05, 0) is 19.9 Å². The molecule has 0 aliphatic heterocycles. The second-order valence-corrected chi connectivity index (χ2v) is 4.56. The first kappa shape index (κ1) is 18.0. The van der Waals surface area contributed by atoms with Gasteiger partial charge in [-0.2, -0.15) is 0 Å². The van der Waals surface area contributed by atoms with E-state index in [-0.39, 0.29) is 18.9 Å². The molecule has 0 radical (unpaired) electrons. The maximum Gasteiger partial charge on any atom is 0.185 e. The Balaban J connectivity index is 2.77. The van der Waals surface area contributed by atoms with E-state index >= 15 is 0 Å². The highest BCUT2D eigenvalue weighted by atomic mass is 19.2. The Hall–Kier alpha value is -2.09. The third kappa shape index (κ3) is 4.20. The van der Waals surface area contributed by atoms with E-state index in [0.717, 1.165) is 0 Å². The van der Waals surface area contributed by atoms with E-state index in [1.165, 1.54) is 13.0 Å². The molecule has 1 aromatic rings. The molecule has 0 fully saturated rings. The van der Waals surface area contributed by atoms with Crippen LogP contribution < -0.4 is 10.6 Å². The van der Waals surface area contributed by atoms with E-state index < -0.39 is 41.1 Å². The summed E-state index contributed by atoms with van der Waals surface area (Å²) in [6.07, 6.45) is 1.33. The van der Waals surface area contributed by atoms with Gasteiger partial charge in [0.2, 0.25) is 0 Å². The number of carbonyl (C=O) groups excluding carboxylic acids is 1. The maximum absolute atomic E-state index is 13.6. The smallest absolute Gasteiger partial charge is 0.185 e. The fraction of sp³-hybridized carbons (Fsp3) is 0.357. The molecule has 22 heavy (non-hydrogen) atoms. The maximum atomic E-state index is 13.6. The lowest BCUT2D eigenvalue weighted by molar-refractivity contribution is -0.112. The Morgan fingerprint density at radius 1 is 1.05 bits per heavy atom. The van der Waals surface area contributed by atoms with Gasteiger partial charge in [-0.25, -0.2) is 17.6 Å². The molecule has 0 heterocycles. The van der Waals surface area contributed by atoms with Gasteiger partial charge in [-0.15, -0.1) is 0 Å². The molecule has 0 aliphatic rings. The van der Waals surface area contributed by atoms with Gasteiger partial charge < -0.3 is 15.7 Å². The number of allylic oxidation sites excluding steroid dienone is 2. The third-order valence-electron chi connectivity index (χ3n) is 2.76. The van der Waals surface area contributed by atoms with Crippen LogP contribution in [-0.2, 0) is 11.4 Å². The molecule has 0 amide bonds. The van der Waals surface area contributed by atoms with Crippen molar-refractivity contribution < 1.29 is 27.5 Å². The van der Waals surface area contributed by atoms with E-state index in [4.69, 9.17) is 5.11 Å². The second-order valence-electron chi connectivity index (χ2n) is 4.56. The molecule has 0 spiro atoms. The first-order chi connectivity index (χ1) is 10.3. The number of aliphatic hydroxyl groups excluding tert-OH is 1. The van der Waals surface area contributed by atoms with Gasteiger partial charge in [0.1, 0.15) is 5.69 Å². The summed E-state index contributed by atoms with van der Waals surface area (Å²) in [7, 11) is 0. The van der Waals surface area contributed by atoms with Crippen molar-refractivity contribution in [3.63, 3.8) is 0 Å². The quantitative estimate of drug-likeness (QED) is 0.312. The highest BCUT2D eigenvalue weighted by Gasteiger charge is 2.24. The minimum atomic E-state index is -1.63. The number of benzene rings is 1. The molecule has 4 nitrogen and oxygen atoms in total. The summed E-state index contributed by atoms with van der Waals surface area (Å²) >= 11 is 0. The number of anilines is 1.